The van der Waals surface area contributed by atoms with E-state index in [9.17, 15) is 0 Å². The third kappa shape index (κ3) is 4.86. The molecule has 0 heteroatoms. The van der Waals surface area contributed by atoms with E-state index in [0.29, 0.717) is 0 Å². The Hall–Kier alpha value is -1.56. The number of rotatable bonds is 2. The predicted octanol–water partition coefficient (Wildman–Crippen LogP) is 4.81. The highest BCUT2D eigenvalue weighted by atomic mass is 13.9. The zero-order valence-corrected chi connectivity index (χ0v) is 11.1. The highest BCUT2D eigenvalue weighted by molar-refractivity contribution is 5.25. The van der Waals surface area contributed by atoms with Crippen LogP contribution in [0.1, 0.15) is 30.5 Å². The summed E-state index contributed by atoms with van der Waals surface area (Å²) in [7, 11) is 0. The topological polar surface area (TPSA) is 0 Å². The molecule has 0 aromatic heterocycles. The predicted molar refractivity (Wildman–Crippen MR) is 76.4 cm³/mol. The molecule has 0 amide bonds. The Morgan fingerprint density at radius 1 is 0.706 bits per heavy atom. The lowest BCUT2D eigenvalue weighted by Gasteiger charge is -1.98. The molecule has 0 heterocycles. The van der Waals surface area contributed by atoms with Gasteiger partial charge < -0.3 is 0 Å². The SMILES string of the molecule is CCc1ccccc1.CCc1ccccc1C. The number of hydrogen-bond donors (Lipinski definition) is 0. The lowest BCUT2D eigenvalue weighted by molar-refractivity contribution is 1.11. The molecule has 2 aromatic carbocycles. The first-order valence-corrected chi connectivity index (χ1v) is 6.36. The van der Waals surface area contributed by atoms with Gasteiger partial charge >= 0.3 is 0 Å². The van der Waals surface area contributed by atoms with Crippen LogP contribution in [0.3, 0.4) is 0 Å². The summed E-state index contributed by atoms with van der Waals surface area (Å²) in [6.07, 6.45) is 2.29. The average molecular weight is 226 g/mol. The van der Waals surface area contributed by atoms with Crippen LogP contribution in [0, 0.1) is 6.92 Å². The van der Waals surface area contributed by atoms with E-state index in [-0.39, 0.29) is 0 Å². The summed E-state index contributed by atoms with van der Waals surface area (Å²) in [5.41, 5.74) is 4.27. The van der Waals surface area contributed by atoms with Crippen molar-refractivity contribution in [1.29, 1.82) is 0 Å². The van der Waals surface area contributed by atoms with E-state index in [1.165, 1.54) is 16.7 Å². The second-order valence-corrected chi connectivity index (χ2v) is 4.12. The van der Waals surface area contributed by atoms with Crippen LogP contribution in [0.5, 0.6) is 0 Å². The highest BCUT2D eigenvalue weighted by Gasteiger charge is 1.89. The van der Waals surface area contributed by atoms with E-state index in [1.54, 1.807) is 0 Å². The van der Waals surface area contributed by atoms with Gasteiger partial charge in [-0.25, -0.2) is 0 Å². The van der Waals surface area contributed by atoms with Crippen LogP contribution in [0.25, 0.3) is 0 Å². The van der Waals surface area contributed by atoms with E-state index in [0.717, 1.165) is 12.8 Å². The van der Waals surface area contributed by atoms with Crippen LogP contribution in [-0.4, -0.2) is 0 Å². The molecule has 0 N–H and O–H groups in total. The summed E-state index contributed by atoms with van der Waals surface area (Å²) < 4.78 is 0. The molecule has 90 valence electrons. The summed E-state index contributed by atoms with van der Waals surface area (Å²) in [5.74, 6) is 0. The van der Waals surface area contributed by atoms with Crippen molar-refractivity contribution in [3.63, 3.8) is 0 Å². The quantitative estimate of drug-likeness (QED) is 0.689. The van der Waals surface area contributed by atoms with E-state index in [4.69, 9.17) is 0 Å². The fourth-order valence-electron chi connectivity index (χ4n) is 1.72. The maximum atomic E-state index is 2.18. The van der Waals surface area contributed by atoms with Crippen molar-refractivity contribution in [3.8, 4) is 0 Å². The van der Waals surface area contributed by atoms with Crippen molar-refractivity contribution in [1.82, 2.24) is 0 Å². The minimum atomic E-state index is 1.14. The maximum absolute atomic E-state index is 2.18. The van der Waals surface area contributed by atoms with Gasteiger partial charge in [0.2, 0.25) is 0 Å². The first kappa shape index (κ1) is 13.5. The first-order chi connectivity index (χ1) is 8.27. The Kier molecular flexibility index (Phi) is 6.09. The molecule has 0 saturated carbocycles. The molecule has 0 fully saturated rings. The lowest BCUT2D eigenvalue weighted by atomic mass is 10.1. The molecule has 17 heavy (non-hydrogen) atoms. The van der Waals surface area contributed by atoms with E-state index in [1.807, 2.05) is 6.07 Å². The minimum absolute atomic E-state index is 1.14. The van der Waals surface area contributed by atoms with Gasteiger partial charge in [-0.15, -0.1) is 0 Å². The second kappa shape index (κ2) is 7.67. The molecule has 0 radical (unpaired) electrons. The molecule has 2 aromatic rings. The zero-order chi connectivity index (χ0) is 12.5. The monoisotopic (exact) mass is 226 g/mol. The first-order valence-electron chi connectivity index (χ1n) is 6.36. The van der Waals surface area contributed by atoms with Crippen molar-refractivity contribution < 1.29 is 0 Å². The number of benzene rings is 2. The van der Waals surface area contributed by atoms with Crippen molar-refractivity contribution in [2.75, 3.05) is 0 Å². The number of aryl methyl sites for hydroxylation is 3. The minimum Gasteiger partial charge on any atom is -0.0622 e. The van der Waals surface area contributed by atoms with Crippen molar-refractivity contribution >= 4 is 0 Å². The van der Waals surface area contributed by atoms with Crippen molar-refractivity contribution in [2.45, 2.75) is 33.6 Å². The second-order valence-electron chi connectivity index (χ2n) is 4.12. The molecule has 0 atom stereocenters. The summed E-state index contributed by atoms with van der Waals surface area (Å²) >= 11 is 0. The van der Waals surface area contributed by atoms with Crippen LogP contribution in [0.15, 0.2) is 54.6 Å². The molecule has 0 aliphatic carbocycles. The third-order valence-corrected chi connectivity index (χ3v) is 2.89. The summed E-state index contributed by atoms with van der Waals surface area (Å²) in [6.45, 7) is 6.50. The Balaban J connectivity index is 0.000000171. The van der Waals surface area contributed by atoms with Crippen LogP contribution in [0.4, 0.5) is 0 Å². The Morgan fingerprint density at radius 3 is 1.71 bits per heavy atom. The molecule has 0 bridgehead atoms. The van der Waals surface area contributed by atoms with E-state index >= 15 is 0 Å². The molecule has 2 rings (SSSR count). The fraction of sp³-hybridized carbons (Fsp3) is 0.294. The highest BCUT2D eigenvalue weighted by Crippen LogP contribution is 2.06. The number of hydrogen-bond acceptors (Lipinski definition) is 0. The van der Waals surface area contributed by atoms with Crippen LogP contribution in [0.2, 0.25) is 0 Å². The summed E-state index contributed by atoms with van der Waals surface area (Å²) in [5, 5.41) is 0. The zero-order valence-electron chi connectivity index (χ0n) is 11.1. The van der Waals surface area contributed by atoms with Gasteiger partial charge in [0.25, 0.3) is 0 Å². The Morgan fingerprint density at radius 2 is 1.29 bits per heavy atom. The molecular weight excluding hydrogens is 204 g/mol. The summed E-state index contributed by atoms with van der Waals surface area (Å²) in [6, 6.07) is 18.9. The smallest absolute Gasteiger partial charge is 0.0305 e. The van der Waals surface area contributed by atoms with Gasteiger partial charge in [0, 0.05) is 0 Å². The van der Waals surface area contributed by atoms with E-state index in [2.05, 4.69) is 69.3 Å². The van der Waals surface area contributed by atoms with Gasteiger partial charge in [0.1, 0.15) is 0 Å². The third-order valence-electron chi connectivity index (χ3n) is 2.89. The van der Waals surface area contributed by atoms with E-state index < -0.39 is 0 Å². The average Bonchev–Trinajstić information content (AvgIpc) is 2.41. The molecule has 0 unspecified atom stereocenters. The van der Waals surface area contributed by atoms with Crippen LogP contribution < -0.4 is 0 Å². The molecule has 0 aliphatic rings. The maximum Gasteiger partial charge on any atom is -0.0305 e. The Labute approximate surface area is 105 Å². The van der Waals surface area contributed by atoms with Crippen LogP contribution >= 0.6 is 0 Å². The normalized spacial score (nSPS) is 9.35. The van der Waals surface area contributed by atoms with Gasteiger partial charge in [-0.1, -0.05) is 68.4 Å². The van der Waals surface area contributed by atoms with Gasteiger partial charge in [0.05, 0.1) is 0 Å². The van der Waals surface area contributed by atoms with Crippen LogP contribution in [-0.2, 0) is 12.8 Å². The molecular formula is C17H22. The molecule has 0 aliphatic heterocycles. The standard InChI is InChI=1S/C9H12.C8H10/c1-3-9-7-5-4-6-8(9)2;1-2-8-6-4-3-5-7-8/h4-7H,3H2,1-2H3;3-7H,2H2,1H3. The summed E-state index contributed by atoms with van der Waals surface area (Å²) in [4.78, 5) is 0. The lowest BCUT2D eigenvalue weighted by Crippen LogP contribution is -1.82. The van der Waals surface area contributed by atoms with Gasteiger partial charge in [-0.3, -0.25) is 0 Å². The van der Waals surface area contributed by atoms with Crippen molar-refractivity contribution in [2.24, 2.45) is 0 Å². The largest absolute Gasteiger partial charge is 0.0622 e. The molecule has 0 saturated heterocycles. The van der Waals surface area contributed by atoms with Crippen molar-refractivity contribution in [3.05, 3.63) is 71.3 Å². The van der Waals surface area contributed by atoms with Gasteiger partial charge in [0.15, 0.2) is 0 Å². The van der Waals surface area contributed by atoms with Gasteiger partial charge in [-0.05, 0) is 36.5 Å². The van der Waals surface area contributed by atoms with Gasteiger partial charge in [-0.2, -0.15) is 0 Å². The molecule has 0 spiro atoms. The molecule has 0 nitrogen and oxygen atoms in total. The fourth-order valence-corrected chi connectivity index (χ4v) is 1.72. The Bertz CT molecular complexity index is 415.